The molecule has 0 radical (unpaired) electrons. The molecule has 6 nitrogen and oxygen atoms in total. The standard InChI is InChI=1S/C14H15ClN4O2/c1-7-5-11(21)16-17-13(7)12-10-4-3-9(15)6-19(10)18-14(12)8(2)20/h3-4,6-8,20H,5H2,1-2H3,(H,16,21). The highest BCUT2D eigenvalue weighted by atomic mass is 35.5. The molecule has 2 aromatic heterocycles. The molecule has 2 aromatic rings. The van der Waals surface area contributed by atoms with Gasteiger partial charge in [-0.05, 0) is 19.1 Å². The number of aromatic nitrogens is 2. The molecule has 0 spiro atoms. The van der Waals surface area contributed by atoms with Gasteiger partial charge in [0.2, 0.25) is 5.91 Å². The minimum absolute atomic E-state index is 0.0417. The fourth-order valence-electron chi connectivity index (χ4n) is 2.55. The summed E-state index contributed by atoms with van der Waals surface area (Å²) in [5.41, 5.74) is 5.31. The monoisotopic (exact) mass is 306 g/mol. The summed E-state index contributed by atoms with van der Waals surface area (Å²) >= 11 is 5.98. The van der Waals surface area contributed by atoms with Crippen LogP contribution in [0.5, 0.6) is 0 Å². The Balaban J connectivity index is 2.25. The van der Waals surface area contributed by atoms with E-state index >= 15 is 0 Å². The van der Waals surface area contributed by atoms with Gasteiger partial charge in [0.05, 0.1) is 22.4 Å². The number of aliphatic hydroxyl groups excluding tert-OH is 1. The molecule has 0 bridgehead atoms. The Morgan fingerprint density at radius 1 is 1.52 bits per heavy atom. The van der Waals surface area contributed by atoms with E-state index in [2.05, 4.69) is 15.6 Å². The molecule has 3 heterocycles. The predicted molar refractivity (Wildman–Crippen MR) is 79.3 cm³/mol. The number of rotatable bonds is 2. The number of hydrogen-bond acceptors (Lipinski definition) is 4. The number of aliphatic hydroxyl groups is 1. The van der Waals surface area contributed by atoms with Gasteiger partial charge in [0, 0.05) is 24.1 Å². The summed E-state index contributed by atoms with van der Waals surface area (Å²) in [7, 11) is 0. The van der Waals surface area contributed by atoms with Crippen LogP contribution in [0.2, 0.25) is 5.02 Å². The third-order valence-electron chi connectivity index (χ3n) is 3.53. The first-order chi connectivity index (χ1) is 9.97. The summed E-state index contributed by atoms with van der Waals surface area (Å²) in [4.78, 5) is 11.4. The first-order valence-corrected chi connectivity index (χ1v) is 7.08. The third kappa shape index (κ3) is 2.41. The number of carbonyl (C=O) groups is 1. The van der Waals surface area contributed by atoms with Crippen molar-refractivity contribution in [1.82, 2.24) is 15.0 Å². The van der Waals surface area contributed by atoms with Gasteiger partial charge in [0.15, 0.2) is 0 Å². The number of pyridine rings is 1. The van der Waals surface area contributed by atoms with Gasteiger partial charge < -0.3 is 5.11 Å². The summed E-state index contributed by atoms with van der Waals surface area (Å²) in [6.45, 7) is 3.59. The van der Waals surface area contributed by atoms with Crippen molar-refractivity contribution >= 4 is 28.7 Å². The van der Waals surface area contributed by atoms with Crippen LogP contribution in [0.4, 0.5) is 0 Å². The summed E-state index contributed by atoms with van der Waals surface area (Å²) in [6, 6.07) is 3.60. The number of hydrogen-bond donors (Lipinski definition) is 2. The largest absolute Gasteiger partial charge is 0.387 e. The van der Waals surface area contributed by atoms with Gasteiger partial charge in [-0.1, -0.05) is 18.5 Å². The van der Waals surface area contributed by atoms with Gasteiger partial charge in [-0.2, -0.15) is 10.2 Å². The maximum atomic E-state index is 11.4. The minimum Gasteiger partial charge on any atom is -0.387 e. The molecule has 21 heavy (non-hydrogen) atoms. The second-order valence-electron chi connectivity index (χ2n) is 5.25. The van der Waals surface area contributed by atoms with Crippen LogP contribution in [-0.2, 0) is 4.79 Å². The van der Waals surface area contributed by atoms with Gasteiger partial charge in [0.25, 0.3) is 0 Å². The number of halogens is 1. The molecule has 7 heteroatoms. The molecule has 0 aliphatic carbocycles. The zero-order chi connectivity index (χ0) is 15.1. The maximum absolute atomic E-state index is 11.4. The van der Waals surface area contributed by atoms with Gasteiger partial charge in [0.1, 0.15) is 5.69 Å². The fourth-order valence-corrected chi connectivity index (χ4v) is 2.71. The topological polar surface area (TPSA) is 79.0 Å². The van der Waals surface area contributed by atoms with E-state index in [0.717, 1.165) is 16.8 Å². The van der Waals surface area contributed by atoms with Gasteiger partial charge >= 0.3 is 0 Å². The number of hydrazone groups is 1. The molecule has 0 fully saturated rings. The number of carbonyl (C=O) groups excluding carboxylic acids is 1. The lowest BCUT2D eigenvalue weighted by Crippen LogP contribution is -2.32. The zero-order valence-electron chi connectivity index (χ0n) is 11.7. The lowest BCUT2D eigenvalue weighted by molar-refractivity contribution is -0.121. The summed E-state index contributed by atoms with van der Waals surface area (Å²) in [5.74, 6) is -0.149. The van der Waals surface area contributed by atoms with Crippen molar-refractivity contribution < 1.29 is 9.90 Å². The SMILES string of the molecule is CC1CC(=O)NN=C1c1c(C(C)O)nn2cc(Cl)ccc12. The van der Waals surface area contributed by atoms with Crippen LogP contribution in [0.1, 0.15) is 37.6 Å². The lowest BCUT2D eigenvalue weighted by Gasteiger charge is -2.19. The second kappa shape index (κ2) is 5.13. The van der Waals surface area contributed by atoms with E-state index in [9.17, 15) is 9.90 Å². The van der Waals surface area contributed by atoms with E-state index in [1.165, 1.54) is 0 Å². The minimum atomic E-state index is -0.744. The molecule has 1 aliphatic heterocycles. The lowest BCUT2D eigenvalue weighted by atomic mass is 9.92. The third-order valence-corrected chi connectivity index (χ3v) is 3.76. The normalized spacial score (nSPS) is 20.3. The van der Waals surface area contributed by atoms with E-state index in [1.807, 2.05) is 13.0 Å². The van der Waals surface area contributed by atoms with Gasteiger partial charge in [-0.3, -0.25) is 4.79 Å². The molecule has 1 aliphatic rings. The van der Waals surface area contributed by atoms with Crippen LogP contribution in [0.25, 0.3) is 5.52 Å². The molecule has 2 N–H and O–H groups in total. The number of nitrogens with zero attached hydrogens (tertiary/aromatic N) is 3. The second-order valence-corrected chi connectivity index (χ2v) is 5.69. The molecule has 3 rings (SSSR count). The Kier molecular flexibility index (Phi) is 3.43. The summed E-state index contributed by atoms with van der Waals surface area (Å²) < 4.78 is 1.63. The van der Waals surface area contributed by atoms with E-state index in [0.29, 0.717) is 17.1 Å². The van der Waals surface area contributed by atoms with Crippen LogP contribution in [0.15, 0.2) is 23.4 Å². The predicted octanol–water partition coefficient (Wildman–Crippen LogP) is 1.90. The first kappa shape index (κ1) is 14.0. The Morgan fingerprint density at radius 3 is 2.95 bits per heavy atom. The maximum Gasteiger partial charge on any atom is 0.240 e. The quantitative estimate of drug-likeness (QED) is 0.889. The molecular formula is C14H15ClN4O2. The zero-order valence-corrected chi connectivity index (χ0v) is 12.4. The van der Waals surface area contributed by atoms with E-state index < -0.39 is 6.10 Å². The average Bonchev–Trinajstić information content (AvgIpc) is 2.77. The molecule has 2 unspecified atom stereocenters. The van der Waals surface area contributed by atoms with Crippen LogP contribution in [-0.4, -0.2) is 26.3 Å². The summed E-state index contributed by atoms with van der Waals surface area (Å²) in [5, 5.41) is 19.1. The fraction of sp³-hybridized carbons (Fsp3) is 0.357. The van der Waals surface area contributed by atoms with Crippen LogP contribution >= 0.6 is 11.6 Å². The molecular weight excluding hydrogens is 292 g/mol. The van der Waals surface area contributed by atoms with Crippen molar-refractivity contribution in [2.75, 3.05) is 0 Å². The Morgan fingerprint density at radius 2 is 2.29 bits per heavy atom. The molecule has 0 aromatic carbocycles. The Labute approximate surface area is 126 Å². The molecule has 0 saturated carbocycles. The average molecular weight is 307 g/mol. The highest BCUT2D eigenvalue weighted by Crippen LogP contribution is 2.28. The highest BCUT2D eigenvalue weighted by Gasteiger charge is 2.28. The Bertz CT molecular complexity index is 751. The van der Waals surface area contributed by atoms with Crippen LogP contribution in [0, 0.1) is 5.92 Å². The molecule has 110 valence electrons. The summed E-state index contributed by atoms with van der Waals surface area (Å²) in [6.07, 6.45) is 1.30. The van der Waals surface area contributed by atoms with E-state index in [4.69, 9.17) is 11.6 Å². The van der Waals surface area contributed by atoms with Crippen molar-refractivity contribution in [3.05, 3.63) is 34.6 Å². The Hall–Kier alpha value is -1.92. The number of fused-ring (bicyclic) bond motifs is 1. The van der Waals surface area contributed by atoms with Crippen molar-refractivity contribution in [3.63, 3.8) is 0 Å². The van der Waals surface area contributed by atoms with Crippen molar-refractivity contribution in [3.8, 4) is 0 Å². The van der Waals surface area contributed by atoms with Crippen LogP contribution < -0.4 is 5.43 Å². The van der Waals surface area contributed by atoms with Crippen molar-refractivity contribution in [1.29, 1.82) is 0 Å². The molecule has 2 atom stereocenters. The molecule has 1 amide bonds. The van der Waals surface area contributed by atoms with Crippen molar-refractivity contribution in [2.24, 2.45) is 11.0 Å². The van der Waals surface area contributed by atoms with E-state index in [-0.39, 0.29) is 11.8 Å². The van der Waals surface area contributed by atoms with Gasteiger partial charge in [-0.15, -0.1) is 0 Å². The number of nitrogens with one attached hydrogen (secondary N) is 1. The first-order valence-electron chi connectivity index (χ1n) is 6.70. The van der Waals surface area contributed by atoms with Crippen LogP contribution in [0.3, 0.4) is 0 Å². The molecule has 0 saturated heterocycles. The number of amides is 1. The van der Waals surface area contributed by atoms with Crippen molar-refractivity contribution in [2.45, 2.75) is 26.4 Å². The van der Waals surface area contributed by atoms with E-state index in [1.54, 1.807) is 23.7 Å². The van der Waals surface area contributed by atoms with Gasteiger partial charge in [-0.25, -0.2) is 9.94 Å². The highest BCUT2D eigenvalue weighted by molar-refractivity contribution is 6.30. The smallest absolute Gasteiger partial charge is 0.240 e.